The predicted molar refractivity (Wildman–Crippen MR) is 53.9 cm³/mol. The van der Waals surface area contributed by atoms with Crippen LogP contribution in [0, 0.1) is 6.92 Å². The van der Waals surface area contributed by atoms with Crippen molar-refractivity contribution in [1.82, 2.24) is 4.98 Å². The first kappa shape index (κ1) is 8.53. The Bertz CT molecular complexity index is 377. The van der Waals surface area contributed by atoms with E-state index in [9.17, 15) is 5.11 Å². The molecule has 1 unspecified atom stereocenters. The van der Waals surface area contributed by atoms with Gasteiger partial charge in [-0.2, -0.15) is 11.3 Å². The lowest BCUT2D eigenvalue weighted by Gasteiger charge is -2.07. The predicted octanol–water partition coefficient (Wildman–Crippen LogP) is 2.47. The molecule has 2 heterocycles. The molecule has 68 valence electrons. The summed E-state index contributed by atoms with van der Waals surface area (Å²) in [5.74, 6) is 0. The lowest BCUT2D eigenvalue weighted by Crippen LogP contribution is -1.99. The Balaban J connectivity index is 2.33. The van der Waals surface area contributed by atoms with Crippen molar-refractivity contribution in [3.05, 3.63) is 45.9 Å². The maximum atomic E-state index is 9.93. The molecule has 0 aliphatic rings. The van der Waals surface area contributed by atoms with Crippen molar-refractivity contribution in [3.63, 3.8) is 0 Å². The summed E-state index contributed by atoms with van der Waals surface area (Å²) in [7, 11) is 0. The minimum absolute atomic E-state index is 0.513. The molecule has 0 saturated heterocycles. The number of aliphatic hydroxyl groups excluding tert-OH is 1. The standard InChI is InChI=1S/C10H11NOS/c1-7-5-13-6-8(7)10(12)9-3-2-4-11-9/h2-6,10-12H,1H3. The van der Waals surface area contributed by atoms with E-state index in [2.05, 4.69) is 4.98 Å². The molecule has 2 aromatic rings. The van der Waals surface area contributed by atoms with Gasteiger partial charge in [0.1, 0.15) is 6.10 Å². The second kappa shape index (κ2) is 3.36. The minimum Gasteiger partial charge on any atom is -0.382 e. The molecule has 2 aromatic heterocycles. The van der Waals surface area contributed by atoms with E-state index in [0.29, 0.717) is 0 Å². The van der Waals surface area contributed by atoms with Crippen molar-refractivity contribution in [1.29, 1.82) is 0 Å². The fourth-order valence-electron chi connectivity index (χ4n) is 1.33. The summed E-state index contributed by atoms with van der Waals surface area (Å²) in [6.45, 7) is 2.01. The van der Waals surface area contributed by atoms with Crippen molar-refractivity contribution in [2.45, 2.75) is 13.0 Å². The van der Waals surface area contributed by atoms with Crippen LogP contribution in [0.4, 0.5) is 0 Å². The van der Waals surface area contributed by atoms with E-state index in [1.54, 1.807) is 11.3 Å². The van der Waals surface area contributed by atoms with Gasteiger partial charge in [0.2, 0.25) is 0 Å². The highest BCUT2D eigenvalue weighted by Crippen LogP contribution is 2.25. The van der Waals surface area contributed by atoms with Crippen LogP contribution in [-0.4, -0.2) is 10.1 Å². The van der Waals surface area contributed by atoms with E-state index >= 15 is 0 Å². The quantitative estimate of drug-likeness (QED) is 0.755. The zero-order chi connectivity index (χ0) is 9.26. The number of hydrogen-bond donors (Lipinski definition) is 2. The lowest BCUT2D eigenvalue weighted by molar-refractivity contribution is 0.216. The Morgan fingerprint density at radius 2 is 2.31 bits per heavy atom. The molecule has 2 N–H and O–H groups in total. The number of hydrogen-bond acceptors (Lipinski definition) is 2. The van der Waals surface area contributed by atoms with Gasteiger partial charge in [-0.25, -0.2) is 0 Å². The molecule has 3 heteroatoms. The Labute approximate surface area is 80.9 Å². The van der Waals surface area contributed by atoms with Gasteiger partial charge in [0, 0.05) is 11.9 Å². The van der Waals surface area contributed by atoms with Crippen LogP contribution in [0.15, 0.2) is 29.1 Å². The van der Waals surface area contributed by atoms with Gasteiger partial charge >= 0.3 is 0 Å². The van der Waals surface area contributed by atoms with Crippen LogP contribution < -0.4 is 0 Å². The average molecular weight is 193 g/mol. The van der Waals surface area contributed by atoms with Crippen molar-refractivity contribution < 1.29 is 5.11 Å². The van der Waals surface area contributed by atoms with Crippen LogP contribution >= 0.6 is 11.3 Å². The van der Waals surface area contributed by atoms with E-state index in [1.165, 1.54) is 0 Å². The molecular weight excluding hydrogens is 182 g/mol. The van der Waals surface area contributed by atoms with Gasteiger partial charge < -0.3 is 10.1 Å². The highest BCUT2D eigenvalue weighted by Gasteiger charge is 2.13. The lowest BCUT2D eigenvalue weighted by atomic mass is 10.1. The van der Waals surface area contributed by atoms with Gasteiger partial charge in [-0.1, -0.05) is 0 Å². The molecule has 0 aromatic carbocycles. The highest BCUT2D eigenvalue weighted by molar-refractivity contribution is 7.08. The minimum atomic E-state index is -0.513. The first-order chi connectivity index (χ1) is 6.29. The van der Waals surface area contributed by atoms with Gasteiger partial charge in [-0.05, 0) is 40.9 Å². The summed E-state index contributed by atoms with van der Waals surface area (Å²) in [5.41, 5.74) is 2.99. The Morgan fingerprint density at radius 1 is 1.46 bits per heavy atom. The van der Waals surface area contributed by atoms with Crippen LogP contribution in [0.5, 0.6) is 0 Å². The zero-order valence-corrected chi connectivity index (χ0v) is 8.14. The largest absolute Gasteiger partial charge is 0.382 e. The van der Waals surface area contributed by atoms with Gasteiger partial charge in [-0.15, -0.1) is 0 Å². The molecule has 2 rings (SSSR count). The summed E-state index contributed by atoms with van der Waals surface area (Å²) in [6.07, 6.45) is 1.31. The van der Waals surface area contributed by atoms with Crippen molar-refractivity contribution in [2.75, 3.05) is 0 Å². The third-order valence-electron chi connectivity index (χ3n) is 2.11. The zero-order valence-electron chi connectivity index (χ0n) is 7.32. The molecule has 0 fully saturated rings. The normalized spacial score (nSPS) is 13.1. The van der Waals surface area contributed by atoms with Gasteiger partial charge in [0.25, 0.3) is 0 Å². The molecule has 0 bridgehead atoms. The van der Waals surface area contributed by atoms with Crippen molar-refractivity contribution >= 4 is 11.3 Å². The van der Waals surface area contributed by atoms with Gasteiger partial charge in [0.15, 0.2) is 0 Å². The van der Waals surface area contributed by atoms with E-state index in [-0.39, 0.29) is 0 Å². The number of nitrogens with one attached hydrogen (secondary N) is 1. The van der Waals surface area contributed by atoms with E-state index in [4.69, 9.17) is 0 Å². The van der Waals surface area contributed by atoms with Crippen LogP contribution in [0.1, 0.15) is 22.9 Å². The molecule has 0 aliphatic heterocycles. The number of rotatable bonds is 2. The molecule has 13 heavy (non-hydrogen) atoms. The molecule has 0 amide bonds. The highest BCUT2D eigenvalue weighted by atomic mass is 32.1. The number of thiophene rings is 1. The first-order valence-electron chi connectivity index (χ1n) is 4.13. The van der Waals surface area contributed by atoms with E-state index in [0.717, 1.165) is 16.8 Å². The number of aromatic nitrogens is 1. The molecule has 0 radical (unpaired) electrons. The molecule has 1 atom stereocenters. The number of aliphatic hydroxyl groups is 1. The van der Waals surface area contributed by atoms with E-state index < -0.39 is 6.10 Å². The number of H-pyrrole nitrogens is 1. The molecule has 0 aliphatic carbocycles. The van der Waals surface area contributed by atoms with Crippen molar-refractivity contribution in [2.24, 2.45) is 0 Å². The van der Waals surface area contributed by atoms with Gasteiger partial charge in [0.05, 0.1) is 0 Å². The Kier molecular flexibility index (Phi) is 2.20. The number of aryl methyl sites for hydroxylation is 1. The van der Waals surface area contributed by atoms with Crippen LogP contribution in [0.3, 0.4) is 0 Å². The summed E-state index contributed by atoms with van der Waals surface area (Å²) in [6, 6.07) is 3.78. The van der Waals surface area contributed by atoms with Crippen LogP contribution in [0.2, 0.25) is 0 Å². The fourth-order valence-corrected chi connectivity index (χ4v) is 2.20. The fraction of sp³-hybridized carbons (Fsp3) is 0.200. The average Bonchev–Trinajstić information content (AvgIpc) is 2.72. The summed E-state index contributed by atoms with van der Waals surface area (Å²) < 4.78 is 0. The molecular formula is C10H11NOS. The second-order valence-electron chi connectivity index (χ2n) is 3.04. The maximum absolute atomic E-state index is 9.93. The molecule has 2 nitrogen and oxygen atoms in total. The van der Waals surface area contributed by atoms with Crippen LogP contribution in [0.25, 0.3) is 0 Å². The molecule has 0 spiro atoms. The topological polar surface area (TPSA) is 36.0 Å². The molecule has 0 saturated carbocycles. The third kappa shape index (κ3) is 1.53. The first-order valence-corrected chi connectivity index (χ1v) is 5.07. The SMILES string of the molecule is Cc1cscc1C(O)c1ccc[nH]1. The smallest absolute Gasteiger partial charge is 0.120 e. The second-order valence-corrected chi connectivity index (χ2v) is 3.78. The Hall–Kier alpha value is -1.06. The summed E-state index contributed by atoms with van der Waals surface area (Å²) >= 11 is 1.62. The van der Waals surface area contributed by atoms with Crippen LogP contribution in [-0.2, 0) is 0 Å². The monoisotopic (exact) mass is 193 g/mol. The Morgan fingerprint density at radius 3 is 2.85 bits per heavy atom. The number of aromatic amines is 1. The third-order valence-corrected chi connectivity index (χ3v) is 2.99. The van der Waals surface area contributed by atoms with E-state index in [1.807, 2.05) is 36.0 Å². The van der Waals surface area contributed by atoms with Gasteiger partial charge in [-0.3, -0.25) is 0 Å². The maximum Gasteiger partial charge on any atom is 0.120 e. The van der Waals surface area contributed by atoms with Crippen molar-refractivity contribution in [3.8, 4) is 0 Å². The summed E-state index contributed by atoms with van der Waals surface area (Å²) in [4.78, 5) is 3.01. The summed E-state index contributed by atoms with van der Waals surface area (Å²) in [5, 5.41) is 14.0.